The van der Waals surface area contributed by atoms with Gasteiger partial charge in [-0.1, -0.05) is 49.6 Å². The van der Waals surface area contributed by atoms with E-state index in [-0.39, 0.29) is 11.7 Å². The summed E-state index contributed by atoms with van der Waals surface area (Å²) in [6, 6.07) is 9.22. The summed E-state index contributed by atoms with van der Waals surface area (Å²) in [4.78, 5) is 12.0. The first kappa shape index (κ1) is 11.3. The molecule has 1 N–H and O–H groups in total. The van der Waals surface area contributed by atoms with E-state index in [2.05, 4.69) is 0 Å². The van der Waals surface area contributed by atoms with Crippen LogP contribution in [0.2, 0.25) is 0 Å². The molecule has 16 heavy (non-hydrogen) atoms. The SMILES string of the molecule is O=C(C1CCCCC1)[C@H](O)c1ccccc1. The highest BCUT2D eigenvalue weighted by Gasteiger charge is 2.27. The summed E-state index contributed by atoms with van der Waals surface area (Å²) >= 11 is 0. The maximum absolute atomic E-state index is 12.0. The lowest BCUT2D eigenvalue weighted by molar-refractivity contribution is -0.132. The number of carbonyl (C=O) groups excluding carboxylic acids is 1. The van der Waals surface area contributed by atoms with Gasteiger partial charge in [-0.2, -0.15) is 0 Å². The molecule has 1 aromatic rings. The molecule has 1 fully saturated rings. The number of hydrogen-bond acceptors (Lipinski definition) is 2. The zero-order valence-electron chi connectivity index (χ0n) is 9.43. The normalized spacial score (nSPS) is 19.3. The number of aliphatic hydroxyl groups excluding tert-OH is 1. The zero-order chi connectivity index (χ0) is 11.4. The number of carbonyl (C=O) groups is 1. The van der Waals surface area contributed by atoms with E-state index in [1.54, 1.807) is 0 Å². The molecule has 2 nitrogen and oxygen atoms in total. The molecule has 2 heteroatoms. The van der Waals surface area contributed by atoms with E-state index in [4.69, 9.17) is 0 Å². The molecule has 86 valence electrons. The van der Waals surface area contributed by atoms with Crippen LogP contribution in [0.3, 0.4) is 0 Å². The number of aliphatic hydroxyl groups is 1. The molecule has 0 aliphatic heterocycles. The van der Waals surface area contributed by atoms with Crippen molar-refractivity contribution in [3.8, 4) is 0 Å². The third kappa shape index (κ3) is 2.50. The van der Waals surface area contributed by atoms with Gasteiger partial charge >= 0.3 is 0 Å². The van der Waals surface area contributed by atoms with E-state index in [9.17, 15) is 9.90 Å². The fourth-order valence-corrected chi connectivity index (χ4v) is 2.41. The molecule has 0 radical (unpaired) electrons. The molecule has 2 rings (SSSR count). The Balaban J connectivity index is 2.04. The quantitative estimate of drug-likeness (QED) is 0.847. The second-order valence-corrected chi connectivity index (χ2v) is 4.55. The third-order valence-corrected chi connectivity index (χ3v) is 3.39. The van der Waals surface area contributed by atoms with E-state index in [1.165, 1.54) is 6.42 Å². The molecular weight excluding hydrogens is 200 g/mol. The molecule has 0 bridgehead atoms. The summed E-state index contributed by atoms with van der Waals surface area (Å²) in [7, 11) is 0. The lowest BCUT2D eigenvalue weighted by atomic mass is 9.83. The van der Waals surface area contributed by atoms with Crippen LogP contribution in [-0.2, 0) is 4.79 Å². The summed E-state index contributed by atoms with van der Waals surface area (Å²) in [5.74, 6) is 0.0786. The molecular formula is C14H18O2. The number of benzene rings is 1. The first-order chi connectivity index (χ1) is 7.79. The highest BCUT2D eigenvalue weighted by molar-refractivity contribution is 5.86. The molecule has 1 aliphatic rings. The maximum atomic E-state index is 12.0. The first-order valence-corrected chi connectivity index (χ1v) is 6.06. The summed E-state index contributed by atoms with van der Waals surface area (Å²) in [5.41, 5.74) is 0.720. The van der Waals surface area contributed by atoms with Gasteiger partial charge in [0.1, 0.15) is 6.10 Å². The minimum Gasteiger partial charge on any atom is -0.381 e. The molecule has 0 heterocycles. The topological polar surface area (TPSA) is 37.3 Å². The highest BCUT2D eigenvalue weighted by Crippen LogP contribution is 2.28. The van der Waals surface area contributed by atoms with Crippen LogP contribution in [0.15, 0.2) is 30.3 Å². The molecule has 1 saturated carbocycles. The molecule has 1 atom stereocenters. The molecule has 0 aromatic heterocycles. The average Bonchev–Trinajstić information content (AvgIpc) is 2.39. The van der Waals surface area contributed by atoms with Crippen LogP contribution >= 0.6 is 0 Å². The highest BCUT2D eigenvalue weighted by atomic mass is 16.3. The zero-order valence-corrected chi connectivity index (χ0v) is 9.43. The number of rotatable bonds is 3. The van der Waals surface area contributed by atoms with Gasteiger partial charge < -0.3 is 5.11 Å². The predicted molar refractivity (Wildman–Crippen MR) is 63.0 cm³/mol. The van der Waals surface area contributed by atoms with Gasteiger partial charge in [0.15, 0.2) is 5.78 Å². The molecule has 0 amide bonds. The lowest BCUT2D eigenvalue weighted by Gasteiger charge is -2.22. The van der Waals surface area contributed by atoms with Gasteiger partial charge in [-0.25, -0.2) is 0 Å². The second kappa shape index (κ2) is 5.26. The predicted octanol–water partition coefficient (Wildman–Crippen LogP) is 2.87. The Hall–Kier alpha value is -1.15. The van der Waals surface area contributed by atoms with Crippen LogP contribution in [0.25, 0.3) is 0 Å². The Bertz CT molecular complexity index is 339. The Morgan fingerprint density at radius 3 is 2.38 bits per heavy atom. The van der Waals surface area contributed by atoms with Crippen LogP contribution in [0.1, 0.15) is 43.8 Å². The smallest absolute Gasteiger partial charge is 0.168 e. The Labute approximate surface area is 96.3 Å². The monoisotopic (exact) mass is 218 g/mol. The lowest BCUT2D eigenvalue weighted by Crippen LogP contribution is -2.24. The Kier molecular flexibility index (Phi) is 3.73. The number of Topliss-reactive ketones (excluding diaryl/α,β-unsaturated/α-hetero) is 1. The Morgan fingerprint density at radius 1 is 1.12 bits per heavy atom. The standard InChI is InChI=1S/C14H18O2/c15-13(11-7-3-1-4-8-11)14(16)12-9-5-2-6-10-12/h1,3-4,7-8,12-13,15H,2,5-6,9-10H2/t13-/m1/s1. The fraction of sp³-hybridized carbons (Fsp3) is 0.500. The van der Waals surface area contributed by atoms with E-state index in [1.807, 2.05) is 30.3 Å². The van der Waals surface area contributed by atoms with Crippen LogP contribution < -0.4 is 0 Å². The summed E-state index contributed by atoms with van der Waals surface area (Å²) in [6.07, 6.45) is 4.44. The van der Waals surface area contributed by atoms with Crippen molar-refractivity contribution >= 4 is 5.78 Å². The van der Waals surface area contributed by atoms with Crippen LogP contribution in [0.4, 0.5) is 0 Å². The van der Waals surface area contributed by atoms with Gasteiger partial charge in [0, 0.05) is 5.92 Å². The summed E-state index contributed by atoms with van der Waals surface area (Å²) in [6.45, 7) is 0. The van der Waals surface area contributed by atoms with E-state index in [0.717, 1.165) is 31.2 Å². The van der Waals surface area contributed by atoms with Crippen molar-refractivity contribution in [2.45, 2.75) is 38.2 Å². The van der Waals surface area contributed by atoms with Crippen molar-refractivity contribution in [3.05, 3.63) is 35.9 Å². The van der Waals surface area contributed by atoms with E-state index < -0.39 is 6.10 Å². The second-order valence-electron chi connectivity index (χ2n) is 4.55. The van der Waals surface area contributed by atoms with Crippen molar-refractivity contribution in [1.82, 2.24) is 0 Å². The largest absolute Gasteiger partial charge is 0.381 e. The first-order valence-electron chi connectivity index (χ1n) is 6.06. The van der Waals surface area contributed by atoms with Crippen molar-refractivity contribution in [3.63, 3.8) is 0 Å². The van der Waals surface area contributed by atoms with Crippen LogP contribution in [0, 0.1) is 5.92 Å². The van der Waals surface area contributed by atoms with Crippen LogP contribution in [-0.4, -0.2) is 10.9 Å². The van der Waals surface area contributed by atoms with Crippen molar-refractivity contribution in [2.24, 2.45) is 5.92 Å². The minimum absolute atomic E-state index is 0.00546. The fourth-order valence-electron chi connectivity index (χ4n) is 2.41. The average molecular weight is 218 g/mol. The molecule has 0 saturated heterocycles. The van der Waals surface area contributed by atoms with Crippen LogP contribution in [0.5, 0.6) is 0 Å². The van der Waals surface area contributed by atoms with Gasteiger partial charge in [-0.3, -0.25) is 4.79 Å². The summed E-state index contributed by atoms with van der Waals surface area (Å²) in [5, 5.41) is 9.99. The Morgan fingerprint density at radius 2 is 1.75 bits per heavy atom. The number of hydrogen-bond donors (Lipinski definition) is 1. The van der Waals surface area contributed by atoms with Gasteiger partial charge in [0.05, 0.1) is 0 Å². The number of ketones is 1. The van der Waals surface area contributed by atoms with Gasteiger partial charge in [-0.15, -0.1) is 0 Å². The van der Waals surface area contributed by atoms with Gasteiger partial charge in [0.25, 0.3) is 0 Å². The van der Waals surface area contributed by atoms with E-state index >= 15 is 0 Å². The van der Waals surface area contributed by atoms with Crippen molar-refractivity contribution in [1.29, 1.82) is 0 Å². The molecule has 1 aliphatic carbocycles. The molecule has 0 unspecified atom stereocenters. The third-order valence-electron chi connectivity index (χ3n) is 3.39. The van der Waals surface area contributed by atoms with Crippen molar-refractivity contribution in [2.75, 3.05) is 0 Å². The maximum Gasteiger partial charge on any atom is 0.168 e. The van der Waals surface area contributed by atoms with Gasteiger partial charge in [-0.05, 0) is 18.4 Å². The minimum atomic E-state index is -0.927. The molecule has 0 spiro atoms. The van der Waals surface area contributed by atoms with E-state index in [0.29, 0.717) is 0 Å². The van der Waals surface area contributed by atoms with Crippen molar-refractivity contribution < 1.29 is 9.90 Å². The summed E-state index contributed by atoms with van der Waals surface area (Å²) < 4.78 is 0. The van der Waals surface area contributed by atoms with Gasteiger partial charge in [0.2, 0.25) is 0 Å². The molecule has 1 aromatic carbocycles.